The van der Waals surface area contributed by atoms with Crippen molar-refractivity contribution in [2.75, 3.05) is 5.75 Å². The molecule has 1 aliphatic rings. The van der Waals surface area contributed by atoms with Crippen molar-refractivity contribution < 1.29 is 9.21 Å². The second-order valence-electron chi connectivity index (χ2n) is 5.33. The molecule has 1 saturated carbocycles. The Kier molecular flexibility index (Phi) is 5.09. The number of hydrogen-bond donors (Lipinski definition) is 1. The highest BCUT2D eigenvalue weighted by Crippen LogP contribution is 2.20. The van der Waals surface area contributed by atoms with Gasteiger partial charge in [-0.3, -0.25) is 4.79 Å². The molecule has 0 bridgehead atoms. The van der Waals surface area contributed by atoms with Crippen LogP contribution in [-0.2, 0) is 11.2 Å². The third-order valence-corrected chi connectivity index (χ3v) is 5.14. The highest BCUT2D eigenvalue weighted by molar-refractivity contribution is 7.99. The van der Waals surface area contributed by atoms with Crippen LogP contribution in [0.25, 0.3) is 0 Å². The van der Waals surface area contributed by atoms with Crippen LogP contribution in [0, 0.1) is 6.92 Å². The van der Waals surface area contributed by atoms with Gasteiger partial charge in [0, 0.05) is 11.4 Å². The van der Waals surface area contributed by atoms with E-state index >= 15 is 0 Å². The molecule has 0 saturated heterocycles. The molecule has 0 aromatic carbocycles. The summed E-state index contributed by atoms with van der Waals surface area (Å²) in [5.41, 5.74) is 0.932. The minimum atomic E-state index is 0.0341. The van der Waals surface area contributed by atoms with Crippen molar-refractivity contribution in [3.05, 3.63) is 22.0 Å². The molecule has 1 amide bonds. The number of rotatable bonds is 6. The highest BCUT2D eigenvalue weighted by atomic mass is 32.2. The van der Waals surface area contributed by atoms with Crippen molar-refractivity contribution in [1.29, 1.82) is 0 Å². The molecular formula is C14H18N4O2S2. The molecule has 0 unspecified atom stereocenters. The molecule has 0 atom stereocenters. The van der Waals surface area contributed by atoms with Gasteiger partial charge in [0.25, 0.3) is 5.22 Å². The lowest BCUT2D eigenvalue weighted by Crippen LogP contribution is -2.33. The minimum Gasteiger partial charge on any atom is -0.416 e. The van der Waals surface area contributed by atoms with Crippen molar-refractivity contribution in [1.82, 2.24) is 20.5 Å². The molecule has 0 aliphatic heterocycles. The number of carbonyl (C=O) groups excluding carboxylic acids is 1. The summed E-state index contributed by atoms with van der Waals surface area (Å²) in [6.45, 7) is 1.96. The first-order valence-corrected chi connectivity index (χ1v) is 9.21. The van der Waals surface area contributed by atoms with Gasteiger partial charge in [-0.15, -0.1) is 21.5 Å². The molecule has 1 fully saturated rings. The summed E-state index contributed by atoms with van der Waals surface area (Å²) in [5.74, 6) is 0.879. The Morgan fingerprint density at radius 2 is 2.27 bits per heavy atom. The van der Waals surface area contributed by atoms with Crippen LogP contribution in [-0.4, -0.2) is 32.9 Å². The second kappa shape index (κ2) is 7.23. The van der Waals surface area contributed by atoms with E-state index in [4.69, 9.17) is 4.42 Å². The number of carbonyl (C=O) groups is 1. The molecule has 6 nitrogen and oxygen atoms in total. The van der Waals surface area contributed by atoms with E-state index < -0.39 is 0 Å². The van der Waals surface area contributed by atoms with E-state index in [9.17, 15) is 4.79 Å². The SMILES string of the molecule is Cc1nc(Cc2nnc(SCC(=O)NC3CCCC3)o2)cs1. The third kappa shape index (κ3) is 4.30. The van der Waals surface area contributed by atoms with Crippen molar-refractivity contribution in [2.45, 2.75) is 50.3 Å². The Morgan fingerprint density at radius 1 is 1.45 bits per heavy atom. The number of aryl methyl sites for hydroxylation is 1. The average Bonchev–Trinajstić information content (AvgIpc) is 3.21. The van der Waals surface area contributed by atoms with Gasteiger partial charge < -0.3 is 9.73 Å². The molecule has 8 heteroatoms. The van der Waals surface area contributed by atoms with Gasteiger partial charge in [-0.25, -0.2) is 4.98 Å². The van der Waals surface area contributed by atoms with Gasteiger partial charge in [-0.1, -0.05) is 24.6 Å². The summed E-state index contributed by atoms with van der Waals surface area (Å²) >= 11 is 2.88. The largest absolute Gasteiger partial charge is 0.416 e. The zero-order valence-corrected chi connectivity index (χ0v) is 14.0. The molecule has 1 N–H and O–H groups in total. The van der Waals surface area contributed by atoms with E-state index in [1.165, 1.54) is 24.6 Å². The molecule has 2 aromatic heterocycles. The summed E-state index contributed by atoms with van der Waals surface area (Å²) in [5, 5.41) is 14.4. The lowest BCUT2D eigenvalue weighted by atomic mass is 10.2. The van der Waals surface area contributed by atoms with E-state index in [2.05, 4.69) is 20.5 Å². The standard InChI is InChI=1S/C14H18N4O2S2/c1-9-15-11(7-21-9)6-13-17-18-14(20-13)22-8-12(19)16-10-4-2-3-5-10/h7,10H,2-6,8H2,1H3,(H,16,19). The van der Waals surface area contributed by atoms with Crippen molar-refractivity contribution in [3.63, 3.8) is 0 Å². The van der Waals surface area contributed by atoms with Gasteiger partial charge in [0.05, 0.1) is 22.9 Å². The van der Waals surface area contributed by atoms with Crippen molar-refractivity contribution >= 4 is 29.0 Å². The molecular weight excluding hydrogens is 320 g/mol. The van der Waals surface area contributed by atoms with Crippen LogP contribution in [0.1, 0.15) is 42.3 Å². The Hall–Kier alpha value is -1.41. The van der Waals surface area contributed by atoms with Crippen molar-refractivity contribution in [3.8, 4) is 0 Å². The Morgan fingerprint density at radius 3 is 3.00 bits per heavy atom. The Bertz CT molecular complexity index is 634. The zero-order chi connectivity index (χ0) is 15.4. The van der Waals surface area contributed by atoms with Crippen LogP contribution < -0.4 is 5.32 Å². The van der Waals surface area contributed by atoms with Gasteiger partial charge in [0.2, 0.25) is 11.8 Å². The number of hydrogen-bond acceptors (Lipinski definition) is 7. The van der Waals surface area contributed by atoms with Crippen LogP contribution >= 0.6 is 23.1 Å². The number of nitrogens with one attached hydrogen (secondary N) is 1. The molecule has 0 radical (unpaired) electrons. The fraction of sp³-hybridized carbons (Fsp3) is 0.571. The smallest absolute Gasteiger partial charge is 0.277 e. The van der Waals surface area contributed by atoms with Gasteiger partial charge >= 0.3 is 0 Å². The Labute approximate surface area is 137 Å². The average molecular weight is 338 g/mol. The minimum absolute atomic E-state index is 0.0341. The summed E-state index contributed by atoms with van der Waals surface area (Å²) in [6, 6.07) is 0.347. The predicted molar refractivity (Wildman–Crippen MR) is 85.1 cm³/mol. The quantitative estimate of drug-likeness (QED) is 0.815. The first kappa shape index (κ1) is 15.5. The van der Waals surface area contributed by atoms with E-state index in [1.54, 1.807) is 11.3 Å². The third-order valence-electron chi connectivity index (χ3n) is 3.49. The monoisotopic (exact) mass is 338 g/mol. The maximum absolute atomic E-state index is 11.8. The van der Waals surface area contributed by atoms with Crippen LogP contribution in [0.3, 0.4) is 0 Å². The molecule has 3 rings (SSSR count). The Balaban J connectivity index is 1.46. The lowest BCUT2D eigenvalue weighted by Gasteiger charge is -2.10. The summed E-state index contributed by atoms with van der Waals surface area (Å²) in [6.07, 6.45) is 5.14. The first-order valence-electron chi connectivity index (χ1n) is 7.34. The van der Waals surface area contributed by atoms with E-state index in [0.29, 0.717) is 29.3 Å². The van der Waals surface area contributed by atoms with Crippen LogP contribution in [0.5, 0.6) is 0 Å². The molecule has 22 heavy (non-hydrogen) atoms. The van der Waals surface area contributed by atoms with Gasteiger partial charge in [-0.2, -0.15) is 0 Å². The number of amides is 1. The first-order chi connectivity index (χ1) is 10.7. The maximum atomic E-state index is 11.8. The molecule has 2 heterocycles. The van der Waals surface area contributed by atoms with E-state index in [0.717, 1.165) is 23.5 Å². The number of nitrogens with zero attached hydrogens (tertiary/aromatic N) is 3. The zero-order valence-electron chi connectivity index (χ0n) is 12.4. The second-order valence-corrected chi connectivity index (χ2v) is 7.32. The van der Waals surface area contributed by atoms with Crippen LogP contribution in [0.15, 0.2) is 15.0 Å². The molecule has 2 aromatic rings. The fourth-order valence-electron chi connectivity index (χ4n) is 2.48. The van der Waals surface area contributed by atoms with Crippen molar-refractivity contribution in [2.24, 2.45) is 0 Å². The fourth-order valence-corrected chi connectivity index (χ4v) is 3.68. The number of thiazole rings is 1. The number of aromatic nitrogens is 3. The van der Waals surface area contributed by atoms with E-state index in [1.807, 2.05) is 12.3 Å². The van der Waals surface area contributed by atoms with E-state index in [-0.39, 0.29) is 5.91 Å². The normalized spacial score (nSPS) is 15.3. The predicted octanol–water partition coefficient (Wildman–Crippen LogP) is 2.58. The van der Waals surface area contributed by atoms with Crippen LogP contribution in [0.2, 0.25) is 0 Å². The summed E-state index contributed by atoms with van der Waals surface area (Å²) in [4.78, 5) is 16.2. The van der Waals surface area contributed by atoms with Crippen LogP contribution in [0.4, 0.5) is 0 Å². The summed E-state index contributed by atoms with van der Waals surface area (Å²) < 4.78 is 5.54. The topological polar surface area (TPSA) is 80.9 Å². The molecule has 1 aliphatic carbocycles. The lowest BCUT2D eigenvalue weighted by molar-refractivity contribution is -0.119. The maximum Gasteiger partial charge on any atom is 0.277 e. The van der Waals surface area contributed by atoms with Gasteiger partial charge in [0.1, 0.15) is 0 Å². The highest BCUT2D eigenvalue weighted by Gasteiger charge is 2.18. The summed E-state index contributed by atoms with van der Waals surface area (Å²) in [7, 11) is 0. The number of thioether (sulfide) groups is 1. The van der Waals surface area contributed by atoms with Gasteiger partial charge in [0.15, 0.2) is 0 Å². The molecule has 118 valence electrons. The molecule has 0 spiro atoms. The van der Waals surface area contributed by atoms with Gasteiger partial charge in [-0.05, 0) is 19.8 Å².